The first-order chi connectivity index (χ1) is 13.4. The number of nitrogens with one attached hydrogen (secondary N) is 1. The SMILES string of the molecule is CCCCCOc1c(OC)cc(/C=N\n2c(C(C)C)n[nH]c2=S)cc1[N+](=O)[O-]. The Kier molecular flexibility index (Phi) is 7.68. The number of nitro groups is 1. The third-order valence-electron chi connectivity index (χ3n) is 3.98. The molecular formula is C18H25N5O4S. The Bertz CT molecular complexity index is 904. The van der Waals surface area contributed by atoms with Crippen molar-refractivity contribution < 1.29 is 14.4 Å². The van der Waals surface area contributed by atoms with Gasteiger partial charge in [0, 0.05) is 17.5 Å². The van der Waals surface area contributed by atoms with Crippen LogP contribution in [0.2, 0.25) is 0 Å². The first-order valence-corrected chi connectivity index (χ1v) is 9.50. The molecule has 0 amide bonds. The Labute approximate surface area is 168 Å². The van der Waals surface area contributed by atoms with Gasteiger partial charge < -0.3 is 9.47 Å². The number of ether oxygens (including phenoxy) is 2. The molecule has 0 radical (unpaired) electrons. The van der Waals surface area contributed by atoms with E-state index in [9.17, 15) is 10.1 Å². The molecule has 1 aromatic carbocycles. The van der Waals surface area contributed by atoms with Crippen LogP contribution in [0.3, 0.4) is 0 Å². The van der Waals surface area contributed by atoms with Gasteiger partial charge in [-0.3, -0.25) is 15.2 Å². The van der Waals surface area contributed by atoms with E-state index < -0.39 is 4.92 Å². The van der Waals surface area contributed by atoms with Crippen LogP contribution in [0, 0.1) is 14.9 Å². The Morgan fingerprint density at radius 2 is 2.18 bits per heavy atom. The van der Waals surface area contributed by atoms with Crippen LogP contribution in [0.25, 0.3) is 0 Å². The van der Waals surface area contributed by atoms with Gasteiger partial charge in [0.05, 0.1) is 24.9 Å². The molecule has 9 nitrogen and oxygen atoms in total. The van der Waals surface area contributed by atoms with Crippen LogP contribution in [0.5, 0.6) is 11.5 Å². The summed E-state index contributed by atoms with van der Waals surface area (Å²) < 4.78 is 12.8. The minimum absolute atomic E-state index is 0.105. The number of nitrogens with zero attached hydrogens (tertiary/aromatic N) is 4. The van der Waals surface area contributed by atoms with Gasteiger partial charge in [-0.2, -0.15) is 14.9 Å². The van der Waals surface area contributed by atoms with Crippen LogP contribution in [0.1, 0.15) is 57.3 Å². The lowest BCUT2D eigenvalue weighted by Crippen LogP contribution is -2.04. The number of nitro benzene ring substituents is 1. The number of aromatic nitrogens is 3. The van der Waals surface area contributed by atoms with Crippen molar-refractivity contribution in [2.45, 2.75) is 46.0 Å². The van der Waals surface area contributed by atoms with E-state index in [0.29, 0.717) is 22.8 Å². The summed E-state index contributed by atoms with van der Waals surface area (Å²) in [5.41, 5.74) is 0.319. The third kappa shape index (κ3) is 5.16. The summed E-state index contributed by atoms with van der Waals surface area (Å²) in [6.45, 7) is 6.40. The van der Waals surface area contributed by atoms with Crippen LogP contribution in [-0.4, -0.2) is 39.7 Å². The second-order valence-electron chi connectivity index (χ2n) is 6.48. The van der Waals surface area contributed by atoms with Crippen molar-refractivity contribution in [3.63, 3.8) is 0 Å². The van der Waals surface area contributed by atoms with Crippen molar-refractivity contribution >= 4 is 24.1 Å². The molecule has 0 spiro atoms. The predicted octanol–water partition coefficient (Wildman–Crippen LogP) is 4.43. The Morgan fingerprint density at radius 3 is 2.79 bits per heavy atom. The zero-order valence-corrected chi connectivity index (χ0v) is 17.3. The third-order valence-corrected chi connectivity index (χ3v) is 4.25. The van der Waals surface area contributed by atoms with E-state index in [1.165, 1.54) is 24.1 Å². The minimum atomic E-state index is -0.488. The van der Waals surface area contributed by atoms with Crippen LogP contribution in [-0.2, 0) is 0 Å². The number of rotatable bonds is 10. The number of benzene rings is 1. The van der Waals surface area contributed by atoms with Crippen LogP contribution >= 0.6 is 12.2 Å². The summed E-state index contributed by atoms with van der Waals surface area (Å²) in [5.74, 6) is 1.18. The number of unbranched alkanes of at least 4 members (excludes halogenated alkanes) is 2. The first-order valence-electron chi connectivity index (χ1n) is 9.09. The van der Waals surface area contributed by atoms with Gasteiger partial charge in [-0.15, -0.1) is 0 Å². The minimum Gasteiger partial charge on any atom is -0.493 e. The molecule has 0 aliphatic heterocycles. The fraction of sp³-hybridized carbons (Fsp3) is 0.500. The van der Waals surface area contributed by atoms with Crippen LogP contribution in [0.4, 0.5) is 5.69 Å². The summed E-state index contributed by atoms with van der Waals surface area (Å²) in [5, 5.41) is 22.7. The topological polar surface area (TPSA) is 108 Å². The molecule has 1 heterocycles. The summed E-state index contributed by atoms with van der Waals surface area (Å²) in [6.07, 6.45) is 4.32. The highest BCUT2D eigenvalue weighted by molar-refractivity contribution is 7.71. The molecule has 1 N–H and O–H groups in total. The zero-order chi connectivity index (χ0) is 20.7. The molecule has 2 aromatic rings. The molecule has 0 fully saturated rings. The predicted molar refractivity (Wildman–Crippen MR) is 109 cm³/mol. The average molecular weight is 407 g/mol. The van der Waals surface area contributed by atoms with Crippen molar-refractivity contribution in [3.05, 3.63) is 38.4 Å². The maximum Gasteiger partial charge on any atom is 0.315 e. The first kappa shape index (κ1) is 21.5. The van der Waals surface area contributed by atoms with E-state index >= 15 is 0 Å². The maximum atomic E-state index is 11.6. The summed E-state index contributed by atoms with van der Waals surface area (Å²) in [7, 11) is 1.45. The lowest BCUT2D eigenvalue weighted by Gasteiger charge is -2.11. The number of H-pyrrole nitrogens is 1. The van der Waals surface area contributed by atoms with Gasteiger partial charge in [0.15, 0.2) is 11.6 Å². The summed E-state index contributed by atoms with van der Waals surface area (Å²) >= 11 is 5.19. The van der Waals surface area contributed by atoms with E-state index in [-0.39, 0.29) is 23.1 Å². The van der Waals surface area contributed by atoms with Crippen molar-refractivity contribution in [1.29, 1.82) is 0 Å². The quantitative estimate of drug-likeness (QED) is 0.205. The van der Waals surface area contributed by atoms with Gasteiger partial charge in [-0.25, -0.2) is 0 Å². The molecule has 0 unspecified atom stereocenters. The molecule has 0 atom stereocenters. The summed E-state index contributed by atoms with van der Waals surface area (Å²) in [4.78, 5) is 11.1. The lowest BCUT2D eigenvalue weighted by molar-refractivity contribution is -0.386. The smallest absolute Gasteiger partial charge is 0.315 e. The van der Waals surface area contributed by atoms with E-state index in [1.807, 2.05) is 13.8 Å². The average Bonchev–Trinajstić information content (AvgIpc) is 3.04. The van der Waals surface area contributed by atoms with E-state index in [4.69, 9.17) is 21.7 Å². The highest BCUT2D eigenvalue weighted by Crippen LogP contribution is 2.38. The number of aromatic amines is 1. The van der Waals surface area contributed by atoms with Crippen LogP contribution in [0.15, 0.2) is 17.2 Å². The fourth-order valence-corrected chi connectivity index (χ4v) is 2.74. The summed E-state index contributed by atoms with van der Waals surface area (Å²) in [6, 6.07) is 3.05. The number of methoxy groups -OCH3 is 1. The molecule has 152 valence electrons. The molecule has 0 saturated carbocycles. The highest BCUT2D eigenvalue weighted by Gasteiger charge is 2.22. The molecular weight excluding hydrogens is 382 g/mol. The maximum absolute atomic E-state index is 11.6. The van der Waals surface area contributed by atoms with Crippen molar-refractivity contribution in [3.8, 4) is 11.5 Å². The second kappa shape index (κ2) is 9.98. The molecule has 2 rings (SSSR count). The standard InChI is InChI=1S/C18H25N5O4S/c1-5-6-7-8-27-16-14(23(24)25)9-13(10-15(16)26-4)11-19-22-17(12(2)3)20-21-18(22)28/h9-12H,5-8H2,1-4H3,(H,21,28)/b19-11-. The Morgan fingerprint density at radius 1 is 1.43 bits per heavy atom. The van der Waals surface area contributed by atoms with Gasteiger partial charge in [-0.1, -0.05) is 33.6 Å². The monoisotopic (exact) mass is 407 g/mol. The van der Waals surface area contributed by atoms with Gasteiger partial charge >= 0.3 is 5.69 Å². The Balaban J connectivity index is 2.38. The molecule has 0 aliphatic carbocycles. The van der Waals surface area contributed by atoms with Gasteiger partial charge in [0.2, 0.25) is 10.5 Å². The molecule has 0 saturated heterocycles. The van der Waals surface area contributed by atoms with Gasteiger partial charge in [-0.05, 0) is 24.7 Å². The number of hydrogen-bond acceptors (Lipinski definition) is 7. The van der Waals surface area contributed by atoms with E-state index in [0.717, 1.165) is 19.3 Å². The Hall–Kier alpha value is -2.75. The molecule has 28 heavy (non-hydrogen) atoms. The lowest BCUT2D eigenvalue weighted by atomic mass is 10.2. The molecule has 0 aliphatic rings. The molecule has 1 aromatic heterocycles. The normalized spacial score (nSPS) is 11.3. The fourth-order valence-electron chi connectivity index (χ4n) is 2.55. The van der Waals surface area contributed by atoms with Crippen molar-refractivity contribution in [2.75, 3.05) is 13.7 Å². The molecule has 10 heteroatoms. The number of hydrogen-bond donors (Lipinski definition) is 1. The highest BCUT2D eigenvalue weighted by atomic mass is 32.1. The largest absolute Gasteiger partial charge is 0.493 e. The van der Waals surface area contributed by atoms with Gasteiger partial charge in [0.25, 0.3) is 0 Å². The van der Waals surface area contributed by atoms with Crippen molar-refractivity contribution in [1.82, 2.24) is 14.9 Å². The van der Waals surface area contributed by atoms with E-state index in [1.54, 1.807) is 6.07 Å². The second-order valence-corrected chi connectivity index (χ2v) is 6.87. The van der Waals surface area contributed by atoms with Gasteiger partial charge in [0.1, 0.15) is 0 Å². The zero-order valence-electron chi connectivity index (χ0n) is 16.5. The van der Waals surface area contributed by atoms with Crippen molar-refractivity contribution in [2.24, 2.45) is 5.10 Å². The van der Waals surface area contributed by atoms with E-state index in [2.05, 4.69) is 22.2 Å². The molecule has 0 bridgehead atoms. The van der Waals surface area contributed by atoms with Crippen LogP contribution < -0.4 is 9.47 Å².